The Kier molecular flexibility index (Phi) is 17.8. The van der Waals surface area contributed by atoms with Gasteiger partial charge in [0, 0.05) is 0 Å². The zero-order valence-corrected chi connectivity index (χ0v) is 23.9. The lowest BCUT2D eigenvalue weighted by Gasteiger charge is -2.32. The molecule has 0 aliphatic carbocycles. The van der Waals surface area contributed by atoms with Crippen LogP contribution in [0, 0.1) is 0 Å². The molecule has 188 valence electrons. The molecule has 6 atom stereocenters. The van der Waals surface area contributed by atoms with Crippen LogP contribution in [0.3, 0.4) is 0 Å². The maximum atomic E-state index is 13.9. The van der Waals surface area contributed by atoms with Crippen molar-refractivity contribution in [3.05, 3.63) is 0 Å². The Balaban J connectivity index is 5.94. The Morgan fingerprint density at radius 1 is 0.516 bits per heavy atom. The molecule has 0 aromatic rings. The van der Waals surface area contributed by atoms with Gasteiger partial charge in [-0.3, -0.25) is 9.13 Å². The van der Waals surface area contributed by atoms with Crippen LogP contribution in [0.5, 0.6) is 0 Å². The van der Waals surface area contributed by atoms with Crippen LogP contribution in [0.25, 0.3) is 0 Å². The molecule has 0 heterocycles. The molecule has 2 unspecified atom stereocenters. The van der Waals surface area contributed by atoms with E-state index in [0.717, 1.165) is 0 Å². The first kappa shape index (κ1) is 32.5. The van der Waals surface area contributed by atoms with Crippen molar-refractivity contribution in [2.24, 2.45) is 0 Å². The molecule has 0 radical (unpaired) electrons. The topological polar surface area (TPSA) is 71.1 Å². The Hall–Kier alpha value is 1.46. The number of alkyl halides is 4. The van der Waals surface area contributed by atoms with Crippen molar-refractivity contribution in [3.8, 4) is 0 Å². The minimum atomic E-state index is -3.99. The van der Waals surface area contributed by atoms with Crippen LogP contribution in [0.1, 0.15) is 66.7 Å². The van der Waals surface area contributed by atoms with Crippen LogP contribution in [0.15, 0.2) is 0 Å². The monoisotopic (exact) mass is 564 g/mol. The van der Waals surface area contributed by atoms with Crippen LogP contribution < -0.4 is 0 Å². The molecule has 0 saturated carbocycles. The zero-order chi connectivity index (χ0) is 24.1. The fraction of sp³-hybridized carbons (Fsp3) is 1.00. The maximum absolute atomic E-state index is 13.9. The van der Waals surface area contributed by atoms with Crippen molar-refractivity contribution < 1.29 is 27.2 Å². The molecule has 0 spiro atoms. The summed E-state index contributed by atoms with van der Waals surface area (Å²) in [5, 5.41) is -2.69. The lowest BCUT2D eigenvalue weighted by atomic mass is 10.4. The third-order valence-electron chi connectivity index (χ3n) is 4.61. The standard InChI is InChI=1S/C19H38Cl4O6P2/c1-6-15(20)11-26-30(24,27-12-16(21)7-2)19(10-5)31(25,28-13-17(22)8-3)29-14-18(23)9-4/h15-19H,6-14H2,1-5H3/t15-,16-,17-,18+,19?,31?/m1/s1. The first-order valence-corrected chi connectivity index (χ1v) is 15.8. The highest BCUT2D eigenvalue weighted by molar-refractivity contribution is 7.72. The van der Waals surface area contributed by atoms with E-state index in [2.05, 4.69) is 0 Å². The average molecular weight is 566 g/mol. The van der Waals surface area contributed by atoms with Crippen LogP contribution >= 0.6 is 61.6 Å². The summed E-state index contributed by atoms with van der Waals surface area (Å²) in [6.45, 7) is 9.09. The van der Waals surface area contributed by atoms with E-state index in [0.29, 0.717) is 25.7 Å². The molecule has 0 N–H and O–H groups in total. The number of hydrogen-bond acceptors (Lipinski definition) is 6. The fourth-order valence-corrected chi connectivity index (χ4v) is 8.32. The zero-order valence-electron chi connectivity index (χ0n) is 19.1. The van der Waals surface area contributed by atoms with Crippen molar-refractivity contribution in [2.75, 3.05) is 26.4 Å². The van der Waals surface area contributed by atoms with Crippen LogP contribution in [-0.2, 0) is 27.2 Å². The van der Waals surface area contributed by atoms with Crippen molar-refractivity contribution in [3.63, 3.8) is 0 Å². The van der Waals surface area contributed by atoms with Gasteiger partial charge in [-0.2, -0.15) is 0 Å². The highest BCUT2D eigenvalue weighted by atomic mass is 35.5. The molecule has 0 aromatic heterocycles. The van der Waals surface area contributed by atoms with Gasteiger partial charge in [0.2, 0.25) is 0 Å². The van der Waals surface area contributed by atoms with Gasteiger partial charge in [0.1, 0.15) is 0 Å². The Labute approximate surface area is 208 Å². The summed E-state index contributed by atoms with van der Waals surface area (Å²) in [5.74, 6) is 0. The second-order valence-corrected chi connectivity index (χ2v) is 14.5. The molecule has 0 aliphatic rings. The lowest BCUT2D eigenvalue weighted by molar-refractivity contribution is 0.178. The molecule has 0 saturated heterocycles. The summed E-state index contributed by atoms with van der Waals surface area (Å²) in [4.78, 5) is 0. The highest BCUT2D eigenvalue weighted by Gasteiger charge is 2.51. The van der Waals surface area contributed by atoms with Gasteiger partial charge in [0.15, 0.2) is 5.40 Å². The second kappa shape index (κ2) is 17.0. The molecule has 12 heteroatoms. The minimum absolute atomic E-state index is 0.0366. The van der Waals surface area contributed by atoms with Crippen molar-refractivity contribution in [1.82, 2.24) is 0 Å². The number of hydrogen-bond donors (Lipinski definition) is 0. The number of rotatable bonds is 19. The van der Waals surface area contributed by atoms with Crippen molar-refractivity contribution in [2.45, 2.75) is 93.6 Å². The third-order valence-corrected chi connectivity index (χ3v) is 12.3. The highest BCUT2D eigenvalue weighted by Crippen LogP contribution is 2.71. The van der Waals surface area contributed by atoms with Gasteiger partial charge in [0.25, 0.3) is 0 Å². The predicted molar refractivity (Wildman–Crippen MR) is 133 cm³/mol. The first-order valence-electron chi connectivity index (χ1n) is 10.8. The second-order valence-electron chi connectivity index (χ2n) is 7.17. The summed E-state index contributed by atoms with van der Waals surface area (Å²) in [6.07, 6.45) is 2.57. The van der Waals surface area contributed by atoms with Gasteiger partial charge >= 0.3 is 15.2 Å². The quantitative estimate of drug-likeness (QED) is 0.116. The predicted octanol–water partition coefficient (Wildman–Crippen LogP) is 8.24. The van der Waals surface area contributed by atoms with E-state index in [1.54, 1.807) is 6.92 Å². The van der Waals surface area contributed by atoms with E-state index in [9.17, 15) is 9.13 Å². The van der Waals surface area contributed by atoms with E-state index in [-0.39, 0.29) is 54.4 Å². The van der Waals surface area contributed by atoms with Gasteiger partial charge in [0.05, 0.1) is 47.9 Å². The third kappa shape index (κ3) is 12.1. The molecular weight excluding hydrogens is 528 g/mol. The van der Waals surface area contributed by atoms with Gasteiger partial charge in [-0.25, -0.2) is 0 Å². The molecule has 6 nitrogen and oxygen atoms in total. The molecular formula is C19H38Cl4O6P2. The van der Waals surface area contributed by atoms with Crippen LogP contribution in [0.2, 0.25) is 0 Å². The normalized spacial score (nSPS) is 19.4. The van der Waals surface area contributed by atoms with Crippen molar-refractivity contribution in [1.29, 1.82) is 0 Å². The van der Waals surface area contributed by atoms with Crippen LogP contribution in [-0.4, -0.2) is 53.3 Å². The number of halogens is 4. The first-order chi connectivity index (χ1) is 14.5. The van der Waals surface area contributed by atoms with Crippen LogP contribution in [0.4, 0.5) is 0 Å². The Morgan fingerprint density at radius 2 is 0.742 bits per heavy atom. The van der Waals surface area contributed by atoms with Gasteiger partial charge < -0.3 is 18.1 Å². The summed E-state index contributed by atoms with van der Waals surface area (Å²) in [6, 6.07) is 0. The summed E-state index contributed by atoms with van der Waals surface area (Å²) in [7, 11) is -7.98. The van der Waals surface area contributed by atoms with Gasteiger partial charge in [-0.1, -0.05) is 34.6 Å². The summed E-state index contributed by atoms with van der Waals surface area (Å²) >= 11 is 24.7. The molecule has 0 bridgehead atoms. The van der Waals surface area contributed by atoms with E-state index in [1.165, 1.54) is 0 Å². The Morgan fingerprint density at radius 3 is 0.903 bits per heavy atom. The van der Waals surface area contributed by atoms with E-state index in [4.69, 9.17) is 64.5 Å². The molecule has 31 heavy (non-hydrogen) atoms. The smallest absolute Gasteiger partial charge is 0.306 e. The van der Waals surface area contributed by atoms with Crippen molar-refractivity contribution >= 4 is 61.6 Å². The summed E-state index contributed by atoms with van der Waals surface area (Å²) in [5.41, 5.74) is 0. The molecule has 0 aliphatic heterocycles. The molecule has 0 fully saturated rings. The van der Waals surface area contributed by atoms with E-state index >= 15 is 0 Å². The summed E-state index contributed by atoms with van der Waals surface area (Å²) < 4.78 is 50.5. The van der Waals surface area contributed by atoms with E-state index in [1.807, 2.05) is 27.7 Å². The molecule has 0 rings (SSSR count). The largest absolute Gasteiger partial charge is 0.345 e. The average Bonchev–Trinajstić information content (AvgIpc) is 2.78. The fourth-order valence-electron chi connectivity index (χ4n) is 2.25. The molecule has 0 amide bonds. The Bertz CT molecular complexity index is 490. The SMILES string of the molecule is CCC(P(=O)(OC[C@H](Cl)CC)OC[C@H](Cl)CC)P(=O)(OC[C@H](Cl)CC)OC[C@@H](Cl)CC. The van der Waals surface area contributed by atoms with Gasteiger partial charge in [-0.15, -0.1) is 46.4 Å². The maximum Gasteiger partial charge on any atom is 0.345 e. The minimum Gasteiger partial charge on any atom is -0.306 e. The van der Waals surface area contributed by atoms with Gasteiger partial charge in [-0.05, 0) is 32.1 Å². The molecule has 0 aromatic carbocycles. The van der Waals surface area contributed by atoms with E-state index < -0.39 is 20.6 Å². The lowest BCUT2D eigenvalue weighted by Crippen LogP contribution is -2.23.